The summed E-state index contributed by atoms with van der Waals surface area (Å²) in [6, 6.07) is 6.63. The first-order valence-electron chi connectivity index (χ1n) is 8.86. The number of fused-ring (bicyclic) bond motifs is 2. The highest BCUT2D eigenvalue weighted by Crippen LogP contribution is 2.52. The first-order valence-corrected chi connectivity index (χ1v) is 8.86. The number of methoxy groups -OCH3 is 4. The molecule has 0 radical (unpaired) electrons. The van der Waals surface area contributed by atoms with Crippen molar-refractivity contribution in [3.05, 3.63) is 34.9 Å². The van der Waals surface area contributed by atoms with Crippen molar-refractivity contribution in [1.29, 1.82) is 0 Å². The standard InChI is InChI=1S/C21H25NO4/c1-22-7-6-13-20-15(11-19(25-4)21(13)26-5)14-10-18(24-3)17(23-2)9-12(14)8-16(20)22/h9-11,16H,6-8H2,1-5H3/t16-/m0/s1. The van der Waals surface area contributed by atoms with E-state index in [0.29, 0.717) is 6.04 Å². The van der Waals surface area contributed by atoms with Crippen LogP contribution < -0.4 is 18.9 Å². The molecule has 0 unspecified atom stereocenters. The van der Waals surface area contributed by atoms with E-state index in [1.54, 1.807) is 28.4 Å². The quantitative estimate of drug-likeness (QED) is 0.840. The molecule has 0 saturated carbocycles. The van der Waals surface area contributed by atoms with Crippen molar-refractivity contribution >= 4 is 0 Å². The zero-order valence-electron chi connectivity index (χ0n) is 16.0. The van der Waals surface area contributed by atoms with Crippen molar-refractivity contribution in [2.75, 3.05) is 42.0 Å². The monoisotopic (exact) mass is 355 g/mol. The van der Waals surface area contributed by atoms with Crippen LogP contribution in [0.4, 0.5) is 0 Å². The molecule has 0 spiro atoms. The summed E-state index contributed by atoms with van der Waals surface area (Å²) in [6.45, 7) is 1.00. The number of hydrogen-bond acceptors (Lipinski definition) is 5. The molecule has 0 bridgehead atoms. The van der Waals surface area contributed by atoms with Gasteiger partial charge in [-0.1, -0.05) is 0 Å². The number of ether oxygens (including phenoxy) is 4. The molecular formula is C21H25NO4. The average molecular weight is 355 g/mol. The molecule has 2 aromatic carbocycles. The predicted octanol–water partition coefficient (Wildman–Crippen LogP) is 3.47. The van der Waals surface area contributed by atoms with E-state index in [2.05, 4.69) is 30.1 Å². The van der Waals surface area contributed by atoms with Crippen molar-refractivity contribution in [2.45, 2.75) is 18.9 Å². The smallest absolute Gasteiger partial charge is 0.164 e. The molecular weight excluding hydrogens is 330 g/mol. The molecule has 2 aliphatic rings. The van der Waals surface area contributed by atoms with Gasteiger partial charge in [0, 0.05) is 18.2 Å². The minimum Gasteiger partial charge on any atom is -0.493 e. The van der Waals surface area contributed by atoms with Crippen LogP contribution in [0.15, 0.2) is 18.2 Å². The summed E-state index contributed by atoms with van der Waals surface area (Å²) in [5.41, 5.74) is 6.29. The maximum atomic E-state index is 5.72. The third-order valence-electron chi connectivity index (χ3n) is 5.71. The number of nitrogens with zero attached hydrogens (tertiary/aromatic N) is 1. The van der Waals surface area contributed by atoms with Crippen molar-refractivity contribution < 1.29 is 18.9 Å². The highest BCUT2D eigenvalue weighted by atomic mass is 16.5. The van der Waals surface area contributed by atoms with Crippen LogP contribution in [0, 0.1) is 0 Å². The predicted molar refractivity (Wildman–Crippen MR) is 101 cm³/mol. The Labute approximate surface area is 154 Å². The van der Waals surface area contributed by atoms with Crippen LogP contribution in [-0.2, 0) is 12.8 Å². The molecule has 5 heteroatoms. The fourth-order valence-corrected chi connectivity index (χ4v) is 4.41. The summed E-state index contributed by atoms with van der Waals surface area (Å²) in [5.74, 6) is 3.17. The molecule has 0 N–H and O–H groups in total. The van der Waals surface area contributed by atoms with E-state index < -0.39 is 0 Å². The third-order valence-corrected chi connectivity index (χ3v) is 5.71. The SMILES string of the molecule is COc1cc2c(cc1OC)-c1cc(OC)c(OC)c3c1[C@H](C2)N(C)CC3. The molecule has 2 aromatic rings. The summed E-state index contributed by atoms with van der Waals surface area (Å²) in [5, 5.41) is 0. The molecule has 1 aliphatic carbocycles. The van der Waals surface area contributed by atoms with Gasteiger partial charge in [0.05, 0.1) is 28.4 Å². The maximum Gasteiger partial charge on any atom is 0.164 e. The topological polar surface area (TPSA) is 40.2 Å². The Kier molecular flexibility index (Phi) is 4.19. The Morgan fingerprint density at radius 1 is 0.846 bits per heavy atom. The first kappa shape index (κ1) is 17.0. The lowest BCUT2D eigenvalue weighted by Crippen LogP contribution is -2.35. The van der Waals surface area contributed by atoms with Crippen LogP contribution >= 0.6 is 0 Å². The third kappa shape index (κ3) is 2.34. The molecule has 4 rings (SSSR count). The lowest BCUT2D eigenvalue weighted by Gasteiger charge is -2.40. The molecule has 1 heterocycles. The van der Waals surface area contributed by atoms with E-state index in [0.717, 1.165) is 42.4 Å². The van der Waals surface area contributed by atoms with E-state index in [1.165, 1.54) is 27.8 Å². The zero-order chi connectivity index (χ0) is 18.4. The summed E-state index contributed by atoms with van der Waals surface area (Å²) in [4.78, 5) is 2.43. The summed E-state index contributed by atoms with van der Waals surface area (Å²) < 4.78 is 22.4. The largest absolute Gasteiger partial charge is 0.493 e. The minimum absolute atomic E-state index is 0.333. The number of rotatable bonds is 4. The zero-order valence-corrected chi connectivity index (χ0v) is 16.0. The minimum atomic E-state index is 0.333. The van der Waals surface area contributed by atoms with Crippen molar-refractivity contribution in [3.8, 4) is 34.1 Å². The van der Waals surface area contributed by atoms with Crippen LogP contribution in [0.2, 0.25) is 0 Å². The molecule has 1 atom stereocenters. The van der Waals surface area contributed by atoms with Crippen LogP contribution in [0.5, 0.6) is 23.0 Å². The van der Waals surface area contributed by atoms with Gasteiger partial charge in [0.1, 0.15) is 0 Å². The molecule has 0 amide bonds. The van der Waals surface area contributed by atoms with Crippen LogP contribution in [0.1, 0.15) is 22.7 Å². The molecule has 1 aliphatic heterocycles. The number of likely N-dealkylation sites (N-methyl/N-ethyl adjacent to an activating group) is 1. The molecule has 0 saturated heterocycles. The Balaban J connectivity index is 2.03. The Morgan fingerprint density at radius 3 is 2.15 bits per heavy atom. The van der Waals surface area contributed by atoms with Crippen LogP contribution in [0.25, 0.3) is 11.1 Å². The van der Waals surface area contributed by atoms with Crippen LogP contribution in [0.3, 0.4) is 0 Å². The highest BCUT2D eigenvalue weighted by Gasteiger charge is 2.36. The summed E-state index contributed by atoms with van der Waals surface area (Å²) in [6.07, 6.45) is 1.90. The van der Waals surface area contributed by atoms with Crippen molar-refractivity contribution in [3.63, 3.8) is 0 Å². The van der Waals surface area contributed by atoms with E-state index in [-0.39, 0.29) is 0 Å². The molecule has 0 aromatic heterocycles. The molecule has 5 nitrogen and oxygen atoms in total. The molecule has 138 valence electrons. The van der Waals surface area contributed by atoms with Gasteiger partial charge in [0.15, 0.2) is 23.0 Å². The fraction of sp³-hybridized carbons (Fsp3) is 0.429. The van der Waals surface area contributed by atoms with Gasteiger partial charge in [-0.2, -0.15) is 0 Å². The van der Waals surface area contributed by atoms with E-state index in [4.69, 9.17) is 18.9 Å². The van der Waals surface area contributed by atoms with Gasteiger partial charge in [-0.3, -0.25) is 4.90 Å². The van der Waals surface area contributed by atoms with E-state index in [9.17, 15) is 0 Å². The van der Waals surface area contributed by atoms with E-state index in [1.807, 2.05) is 0 Å². The second-order valence-corrected chi connectivity index (χ2v) is 6.87. The van der Waals surface area contributed by atoms with Gasteiger partial charge < -0.3 is 18.9 Å². The van der Waals surface area contributed by atoms with Crippen LogP contribution in [-0.4, -0.2) is 46.9 Å². The van der Waals surface area contributed by atoms with Gasteiger partial charge in [0.25, 0.3) is 0 Å². The van der Waals surface area contributed by atoms with Gasteiger partial charge in [0.2, 0.25) is 0 Å². The maximum absolute atomic E-state index is 5.72. The Hall–Kier alpha value is -2.40. The second kappa shape index (κ2) is 6.40. The highest BCUT2D eigenvalue weighted by molar-refractivity contribution is 5.81. The van der Waals surface area contributed by atoms with Crippen molar-refractivity contribution in [2.24, 2.45) is 0 Å². The Bertz CT molecular complexity index is 862. The number of benzene rings is 2. The van der Waals surface area contributed by atoms with E-state index >= 15 is 0 Å². The van der Waals surface area contributed by atoms with Gasteiger partial charge in [-0.05, 0) is 60.3 Å². The fourth-order valence-electron chi connectivity index (χ4n) is 4.41. The summed E-state index contributed by atoms with van der Waals surface area (Å²) in [7, 11) is 8.97. The van der Waals surface area contributed by atoms with Gasteiger partial charge in [-0.15, -0.1) is 0 Å². The average Bonchev–Trinajstić information content (AvgIpc) is 2.68. The lowest BCUT2D eigenvalue weighted by molar-refractivity contribution is 0.224. The first-order chi connectivity index (χ1) is 12.6. The normalized spacial score (nSPS) is 18.0. The van der Waals surface area contributed by atoms with Gasteiger partial charge >= 0.3 is 0 Å². The summed E-state index contributed by atoms with van der Waals surface area (Å²) >= 11 is 0. The molecule has 0 fully saturated rings. The molecule has 26 heavy (non-hydrogen) atoms. The second-order valence-electron chi connectivity index (χ2n) is 6.87. The number of hydrogen-bond donors (Lipinski definition) is 0. The Morgan fingerprint density at radius 2 is 1.50 bits per heavy atom. The van der Waals surface area contributed by atoms with Gasteiger partial charge in [-0.25, -0.2) is 0 Å². The van der Waals surface area contributed by atoms with Crippen molar-refractivity contribution in [1.82, 2.24) is 4.90 Å². The lowest BCUT2D eigenvalue weighted by atomic mass is 9.76.